The molecule has 0 aromatic heterocycles. The van der Waals surface area contributed by atoms with E-state index < -0.39 is 6.04 Å². The van der Waals surface area contributed by atoms with Crippen molar-refractivity contribution in [2.24, 2.45) is 4.99 Å². The highest BCUT2D eigenvalue weighted by atomic mass is 35.5. The van der Waals surface area contributed by atoms with Crippen LogP contribution >= 0.6 is 35.0 Å². The van der Waals surface area contributed by atoms with Crippen LogP contribution in [0.5, 0.6) is 0 Å². The SMILES string of the molecule is CCOC(=O)C1=C(C)N=C2SC=C(C)N2[C@@H]1c1cccc(Cl)c1Cl. The number of carbonyl (C=O) groups is 1. The van der Waals surface area contributed by atoms with E-state index in [0.29, 0.717) is 27.9 Å². The second-order valence-electron chi connectivity index (χ2n) is 5.41. The number of esters is 1. The molecule has 2 aliphatic rings. The third kappa shape index (κ3) is 2.85. The van der Waals surface area contributed by atoms with Gasteiger partial charge in [0.15, 0.2) is 5.17 Å². The number of nitrogens with zero attached hydrogens (tertiary/aromatic N) is 2. The lowest BCUT2D eigenvalue weighted by Gasteiger charge is -2.36. The maximum atomic E-state index is 12.6. The van der Waals surface area contributed by atoms with Gasteiger partial charge >= 0.3 is 5.97 Å². The lowest BCUT2D eigenvalue weighted by atomic mass is 9.94. The summed E-state index contributed by atoms with van der Waals surface area (Å²) in [4.78, 5) is 19.2. The summed E-state index contributed by atoms with van der Waals surface area (Å²) in [5.41, 5.74) is 2.87. The summed E-state index contributed by atoms with van der Waals surface area (Å²) in [5, 5.41) is 3.71. The third-order valence-corrected chi connectivity index (χ3v) is 5.67. The number of hydrogen-bond acceptors (Lipinski definition) is 5. The number of ether oxygens (including phenoxy) is 1. The number of thioether (sulfide) groups is 1. The molecule has 0 amide bonds. The maximum Gasteiger partial charge on any atom is 0.338 e. The van der Waals surface area contributed by atoms with E-state index in [9.17, 15) is 4.79 Å². The van der Waals surface area contributed by atoms with Crippen LogP contribution in [0.2, 0.25) is 10.0 Å². The molecular weight excluding hydrogens is 367 g/mol. The molecule has 0 N–H and O–H groups in total. The van der Waals surface area contributed by atoms with Gasteiger partial charge in [0.25, 0.3) is 0 Å². The first kappa shape index (κ1) is 17.4. The van der Waals surface area contributed by atoms with Crippen LogP contribution in [-0.2, 0) is 9.53 Å². The van der Waals surface area contributed by atoms with Crippen molar-refractivity contribution < 1.29 is 9.53 Å². The Bertz CT molecular complexity index is 802. The van der Waals surface area contributed by atoms with Crippen molar-refractivity contribution in [3.8, 4) is 0 Å². The fourth-order valence-corrected chi connectivity index (χ4v) is 4.18. The van der Waals surface area contributed by atoms with Crippen LogP contribution in [0.25, 0.3) is 0 Å². The van der Waals surface area contributed by atoms with Crippen molar-refractivity contribution in [1.82, 2.24) is 4.90 Å². The fourth-order valence-electron chi connectivity index (χ4n) is 2.82. The number of aliphatic imine (C=N–C) groups is 1. The highest BCUT2D eigenvalue weighted by molar-refractivity contribution is 8.16. The molecule has 0 saturated carbocycles. The average Bonchev–Trinajstić information content (AvgIpc) is 2.90. The zero-order valence-corrected chi connectivity index (χ0v) is 15.8. The average molecular weight is 383 g/mol. The van der Waals surface area contributed by atoms with Crippen LogP contribution in [0.3, 0.4) is 0 Å². The van der Waals surface area contributed by atoms with Gasteiger partial charge in [-0.1, -0.05) is 47.1 Å². The van der Waals surface area contributed by atoms with Gasteiger partial charge in [0.1, 0.15) is 0 Å². The molecular formula is C17H16Cl2N2O2S. The fraction of sp³-hybridized carbons (Fsp3) is 0.294. The first-order valence-electron chi connectivity index (χ1n) is 7.48. The van der Waals surface area contributed by atoms with Crippen LogP contribution < -0.4 is 0 Å². The van der Waals surface area contributed by atoms with Gasteiger partial charge in [0.2, 0.25) is 0 Å². The van der Waals surface area contributed by atoms with Crippen LogP contribution in [0.4, 0.5) is 0 Å². The zero-order valence-electron chi connectivity index (χ0n) is 13.5. The van der Waals surface area contributed by atoms with Gasteiger partial charge in [-0.3, -0.25) is 0 Å². The van der Waals surface area contributed by atoms with Crippen molar-refractivity contribution in [2.45, 2.75) is 26.8 Å². The first-order valence-corrected chi connectivity index (χ1v) is 9.12. The molecule has 0 bridgehead atoms. The second-order valence-corrected chi connectivity index (χ2v) is 7.03. The van der Waals surface area contributed by atoms with Crippen molar-refractivity contribution >= 4 is 46.1 Å². The van der Waals surface area contributed by atoms with Crippen LogP contribution in [0, 0.1) is 0 Å². The number of allylic oxidation sites excluding steroid dienone is 2. The molecule has 126 valence electrons. The molecule has 1 atom stereocenters. The Morgan fingerprint density at radius 3 is 2.83 bits per heavy atom. The van der Waals surface area contributed by atoms with Crippen molar-refractivity contribution in [1.29, 1.82) is 0 Å². The lowest BCUT2D eigenvalue weighted by molar-refractivity contribution is -0.139. The Hall–Kier alpha value is -1.43. The minimum absolute atomic E-state index is 0.297. The van der Waals surface area contributed by atoms with Gasteiger partial charge < -0.3 is 9.64 Å². The minimum atomic E-state index is -0.408. The Balaban J connectivity index is 2.20. The molecule has 24 heavy (non-hydrogen) atoms. The molecule has 0 fully saturated rings. The van der Waals surface area contributed by atoms with Gasteiger partial charge in [-0.05, 0) is 37.8 Å². The van der Waals surface area contributed by atoms with Gasteiger partial charge in [-0.2, -0.15) is 0 Å². The van der Waals surface area contributed by atoms with Crippen LogP contribution in [-0.4, -0.2) is 22.6 Å². The van der Waals surface area contributed by atoms with Gasteiger partial charge in [0.05, 0.1) is 34.0 Å². The number of amidine groups is 1. The lowest BCUT2D eigenvalue weighted by Crippen LogP contribution is -2.36. The summed E-state index contributed by atoms with van der Waals surface area (Å²) in [7, 11) is 0. The first-order chi connectivity index (χ1) is 11.5. The molecule has 2 aliphatic heterocycles. The Labute approximate surface area is 155 Å². The Morgan fingerprint density at radius 1 is 1.38 bits per heavy atom. The summed E-state index contributed by atoms with van der Waals surface area (Å²) >= 11 is 14.2. The van der Waals surface area contributed by atoms with Crippen molar-refractivity contribution in [3.63, 3.8) is 0 Å². The molecule has 4 nitrogen and oxygen atoms in total. The standard InChI is InChI=1S/C17H16Cl2N2O2S/c1-4-23-16(22)13-10(3)20-17-21(9(2)8-24-17)15(13)11-6-5-7-12(18)14(11)19/h5-8,15H,4H2,1-3H3/t15-/m1/s1. The Morgan fingerprint density at radius 2 is 2.12 bits per heavy atom. The monoisotopic (exact) mass is 382 g/mol. The van der Waals surface area contributed by atoms with Gasteiger partial charge in [0, 0.05) is 5.70 Å². The summed E-state index contributed by atoms with van der Waals surface area (Å²) < 4.78 is 5.26. The van der Waals surface area contributed by atoms with E-state index in [0.717, 1.165) is 16.4 Å². The van der Waals surface area contributed by atoms with E-state index in [1.165, 1.54) is 11.8 Å². The molecule has 3 rings (SSSR count). The molecule has 0 saturated heterocycles. The molecule has 0 unspecified atom stereocenters. The topological polar surface area (TPSA) is 41.9 Å². The molecule has 0 radical (unpaired) electrons. The van der Waals surface area contributed by atoms with E-state index in [2.05, 4.69) is 4.99 Å². The summed E-state index contributed by atoms with van der Waals surface area (Å²) in [5.74, 6) is -0.386. The van der Waals surface area contributed by atoms with Crippen LogP contribution in [0.1, 0.15) is 32.4 Å². The van der Waals surface area contributed by atoms with E-state index in [1.807, 2.05) is 36.3 Å². The number of fused-ring (bicyclic) bond motifs is 1. The van der Waals surface area contributed by atoms with Crippen LogP contribution in [0.15, 0.2) is 45.6 Å². The minimum Gasteiger partial charge on any atom is -0.463 e. The van der Waals surface area contributed by atoms with E-state index >= 15 is 0 Å². The summed E-state index contributed by atoms with van der Waals surface area (Å²) in [6.07, 6.45) is 0. The molecule has 1 aromatic rings. The van der Waals surface area contributed by atoms with E-state index in [-0.39, 0.29) is 5.97 Å². The van der Waals surface area contributed by atoms with E-state index in [4.69, 9.17) is 27.9 Å². The molecule has 1 aromatic carbocycles. The molecule has 7 heteroatoms. The van der Waals surface area contributed by atoms with Gasteiger partial charge in [-0.15, -0.1) is 0 Å². The second kappa shape index (κ2) is 6.82. The predicted octanol–water partition coefficient (Wildman–Crippen LogP) is 5.15. The van der Waals surface area contributed by atoms with Crippen molar-refractivity contribution in [3.05, 3.63) is 56.2 Å². The van der Waals surface area contributed by atoms with Gasteiger partial charge in [-0.25, -0.2) is 9.79 Å². The smallest absolute Gasteiger partial charge is 0.338 e. The van der Waals surface area contributed by atoms with E-state index in [1.54, 1.807) is 13.0 Å². The molecule has 2 heterocycles. The summed E-state index contributed by atoms with van der Waals surface area (Å²) in [6, 6.07) is 5.03. The number of benzene rings is 1. The highest BCUT2D eigenvalue weighted by Crippen LogP contribution is 2.46. The van der Waals surface area contributed by atoms with Crippen molar-refractivity contribution in [2.75, 3.05) is 6.61 Å². The quantitative estimate of drug-likeness (QED) is 0.677. The Kier molecular flexibility index (Phi) is 4.95. The summed E-state index contributed by atoms with van der Waals surface area (Å²) in [6.45, 7) is 5.87. The number of carbonyl (C=O) groups excluding carboxylic acids is 1. The number of halogens is 2. The number of rotatable bonds is 3. The molecule has 0 aliphatic carbocycles. The third-order valence-electron chi connectivity index (χ3n) is 3.88. The maximum absolute atomic E-state index is 12.6. The molecule has 0 spiro atoms. The highest BCUT2D eigenvalue weighted by Gasteiger charge is 2.40. The number of hydrogen-bond donors (Lipinski definition) is 0. The largest absolute Gasteiger partial charge is 0.463 e. The predicted molar refractivity (Wildman–Crippen MR) is 99.2 cm³/mol. The zero-order chi connectivity index (χ0) is 17.4. The normalized spacial score (nSPS) is 19.9.